The average Bonchev–Trinajstić information content (AvgIpc) is 3.46. The molecule has 1 amide bonds. The molecule has 2 aliphatic rings. The Kier molecular flexibility index (Phi) is 5.19. The number of hydrogen-bond acceptors (Lipinski definition) is 6. The number of hydrogen-bond donors (Lipinski definition) is 1. The van der Waals surface area contributed by atoms with E-state index in [2.05, 4.69) is 0 Å². The van der Waals surface area contributed by atoms with Crippen molar-refractivity contribution >= 4 is 23.0 Å². The first-order valence-electron chi connectivity index (χ1n) is 9.18. The van der Waals surface area contributed by atoms with Crippen LogP contribution in [0.4, 0.5) is 0 Å². The fourth-order valence-electron chi connectivity index (χ4n) is 3.84. The van der Waals surface area contributed by atoms with E-state index >= 15 is 0 Å². The van der Waals surface area contributed by atoms with Crippen LogP contribution in [0.15, 0.2) is 53.1 Å². The fraction of sp³-hybridized carbons (Fsp3) is 0.333. The van der Waals surface area contributed by atoms with E-state index in [9.17, 15) is 14.7 Å². The number of amides is 1. The molecule has 0 radical (unpaired) electrons. The van der Waals surface area contributed by atoms with Crippen molar-refractivity contribution < 1.29 is 24.2 Å². The number of para-hydroxylation sites is 1. The van der Waals surface area contributed by atoms with Crippen LogP contribution in [0.3, 0.4) is 0 Å². The molecule has 6 nitrogen and oxygen atoms in total. The van der Waals surface area contributed by atoms with Crippen LogP contribution in [0.2, 0.25) is 0 Å². The predicted octanol–water partition coefficient (Wildman–Crippen LogP) is 3.51. The van der Waals surface area contributed by atoms with Gasteiger partial charge in [-0.2, -0.15) is 0 Å². The third-order valence-corrected chi connectivity index (χ3v) is 6.02. The summed E-state index contributed by atoms with van der Waals surface area (Å²) in [5, 5.41) is 12.5. The summed E-state index contributed by atoms with van der Waals surface area (Å²) in [5.74, 6) is -0.825. The molecule has 0 aliphatic carbocycles. The Bertz CT molecular complexity index is 915. The number of nitrogens with zero attached hydrogens (tertiary/aromatic N) is 1. The number of aliphatic hydroxyl groups is 1. The summed E-state index contributed by atoms with van der Waals surface area (Å²) >= 11 is 1.28. The molecule has 28 heavy (non-hydrogen) atoms. The van der Waals surface area contributed by atoms with Gasteiger partial charge in [0.2, 0.25) is 5.78 Å². The zero-order chi connectivity index (χ0) is 19.7. The SMILES string of the molecule is COc1ccccc1[C@H]1C(C(=O)c2cccs2)=C(O)C(=O)N1C[C@@H]1CCCO1. The molecule has 1 fully saturated rings. The van der Waals surface area contributed by atoms with Gasteiger partial charge in [0.15, 0.2) is 5.76 Å². The molecule has 1 aromatic carbocycles. The van der Waals surface area contributed by atoms with Gasteiger partial charge in [0.25, 0.3) is 5.91 Å². The second kappa shape index (κ2) is 7.77. The van der Waals surface area contributed by atoms with E-state index in [1.165, 1.54) is 16.2 Å². The van der Waals surface area contributed by atoms with Gasteiger partial charge in [-0.05, 0) is 30.4 Å². The summed E-state index contributed by atoms with van der Waals surface area (Å²) in [5.41, 5.74) is 0.759. The first-order valence-corrected chi connectivity index (χ1v) is 10.1. The Labute approximate surface area is 167 Å². The van der Waals surface area contributed by atoms with E-state index in [0.29, 0.717) is 29.3 Å². The summed E-state index contributed by atoms with van der Waals surface area (Å²) in [6.07, 6.45) is 1.68. The van der Waals surface area contributed by atoms with Crippen molar-refractivity contribution in [3.05, 3.63) is 63.6 Å². The number of ether oxygens (including phenoxy) is 2. The maximum atomic E-state index is 13.2. The van der Waals surface area contributed by atoms with Crippen LogP contribution in [-0.2, 0) is 9.53 Å². The number of thiophene rings is 1. The minimum Gasteiger partial charge on any atom is -0.503 e. The third-order valence-electron chi connectivity index (χ3n) is 5.15. The van der Waals surface area contributed by atoms with Crippen molar-refractivity contribution in [3.63, 3.8) is 0 Å². The van der Waals surface area contributed by atoms with Gasteiger partial charge in [0, 0.05) is 18.7 Å². The molecule has 4 rings (SSSR count). The number of carbonyl (C=O) groups excluding carboxylic acids is 2. The van der Waals surface area contributed by atoms with Crippen LogP contribution in [0.25, 0.3) is 0 Å². The molecule has 2 aliphatic heterocycles. The van der Waals surface area contributed by atoms with Crippen LogP contribution in [0, 0.1) is 0 Å². The first-order chi connectivity index (χ1) is 13.6. The van der Waals surface area contributed by atoms with Crippen LogP contribution in [0.5, 0.6) is 5.75 Å². The Morgan fingerprint density at radius 3 is 2.82 bits per heavy atom. The molecule has 2 atom stereocenters. The Balaban J connectivity index is 1.80. The van der Waals surface area contributed by atoms with Gasteiger partial charge in [-0.3, -0.25) is 9.59 Å². The van der Waals surface area contributed by atoms with Gasteiger partial charge >= 0.3 is 0 Å². The third kappa shape index (κ3) is 3.21. The molecule has 1 N–H and O–H groups in total. The lowest BCUT2D eigenvalue weighted by atomic mass is 9.94. The molecule has 2 aromatic rings. The quantitative estimate of drug-likeness (QED) is 0.753. The molecule has 0 spiro atoms. The smallest absolute Gasteiger partial charge is 0.290 e. The molecule has 1 aromatic heterocycles. The standard InChI is InChI=1S/C21H21NO5S/c1-26-15-8-3-2-7-14(15)18-17(19(23)16-9-5-11-28-16)20(24)21(25)22(18)12-13-6-4-10-27-13/h2-3,5,7-9,11,13,18,24H,4,6,10,12H2,1H3/t13-,18-/m0/s1. The average molecular weight is 399 g/mol. The fourth-order valence-corrected chi connectivity index (χ4v) is 4.52. The number of ketones is 1. The predicted molar refractivity (Wildman–Crippen MR) is 105 cm³/mol. The summed E-state index contributed by atoms with van der Waals surface area (Å²) in [7, 11) is 1.55. The topological polar surface area (TPSA) is 76.1 Å². The molecule has 7 heteroatoms. The Hall–Kier alpha value is -2.64. The number of carbonyl (C=O) groups is 2. The Morgan fingerprint density at radius 2 is 2.14 bits per heavy atom. The highest BCUT2D eigenvalue weighted by Gasteiger charge is 2.45. The van der Waals surface area contributed by atoms with E-state index in [1.54, 1.807) is 30.7 Å². The van der Waals surface area contributed by atoms with E-state index in [4.69, 9.17) is 9.47 Å². The molecule has 0 bridgehead atoms. The van der Waals surface area contributed by atoms with Gasteiger partial charge in [-0.1, -0.05) is 24.3 Å². The second-order valence-electron chi connectivity index (χ2n) is 6.81. The van der Waals surface area contributed by atoms with E-state index < -0.39 is 17.7 Å². The first kappa shape index (κ1) is 18.7. The summed E-state index contributed by atoms with van der Waals surface area (Å²) in [6.45, 7) is 0.971. The van der Waals surface area contributed by atoms with Crippen LogP contribution >= 0.6 is 11.3 Å². The summed E-state index contributed by atoms with van der Waals surface area (Å²) in [4.78, 5) is 28.1. The summed E-state index contributed by atoms with van der Waals surface area (Å²) in [6, 6.07) is 10.0. The van der Waals surface area contributed by atoms with Crippen LogP contribution in [0.1, 0.15) is 34.1 Å². The minimum atomic E-state index is -0.720. The number of rotatable bonds is 6. The molecular weight excluding hydrogens is 378 g/mol. The highest BCUT2D eigenvalue weighted by Crippen LogP contribution is 2.43. The normalized spacial score (nSPS) is 22.2. The monoisotopic (exact) mass is 399 g/mol. The lowest BCUT2D eigenvalue weighted by Crippen LogP contribution is -2.37. The van der Waals surface area contributed by atoms with Crippen molar-refractivity contribution in [2.75, 3.05) is 20.3 Å². The van der Waals surface area contributed by atoms with E-state index in [-0.39, 0.29) is 17.5 Å². The highest BCUT2D eigenvalue weighted by molar-refractivity contribution is 7.12. The molecule has 3 heterocycles. The van der Waals surface area contributed by atoms with Gasteiger partial charge in [-0.15, -0.1) is 11.3 Å². The van der Waals surface area contributed by atoms with Crippen LogP contribution < -0.4 is 4.74 Å². The highest BCUT2D eigenvalue weighted by atomic mass is 32.1. The van der Waals surface area contributed by atoms with Crippen LogP contribution in [-0.4, -0.2) is 48.1 Å². The molecule has 1 saturated heterocycles. The minimum absolute atomic E-state index is 0.0925. The number of Topliss-reactive ketones (excluding diaryl/α,β-unsaturated/α-hetero) is 1. The van der Waals surface area contributed by atoms with Crippen molar-refractivity contribution in [2.24, 2.45) is 0 Å². The molecule has 0 saturated carbocycles. The number of benzene rings is 1. The lowest BCUT2D eigenvalue weighted by molar-refractivity contribution is -0.131. The molecule has 146 valence electrons. The maximum Gasteiger partial charge on any atom is 0.290 e. The summed E-state index contributed by atoms with van der Waals surface area (Å²) < 4.78 is 11.2. The number of aliphatic hydroxyl groups excluding tert-OH is 1. The van der Waals surface area contributed by atoms with Gasteiger partial charge in [0.1, 0.15) is 5.75 Å². The number of methoxy groups -OCH3 is 1. The van der Waals surface area contributed by atoms with E-state index in [0.717, 1.165) is 12.8 Å². The molecular formula is C21H21NO5S. The molecule has 0 unspecified atom stereocenters. The Morgan fingerprint density at radius 1 is 1.32 bits per heavy atom. The zero-order valence-corrected chi connectivity index (χ0v) is 16.3. The van der Waals surface area contributed by atoms with Gasteiger partial charge in [-0.25, -0.2) is 0 Å². The largest absolute Gasteiger partial charge is 0.503 e. The van der Waals surface area contributed by atoms with Gasteiger partial charge < -0.3 is 19.5 Å². The van der Waals surface area contributed by atoms with Crippen molar-refractivity contribution in [1.29, 1.82) is 0 Å². The van der Waals surface area contributed by atoms with Crippen molar-refractivity contribution in [3.8, 4) is 5.75 Å². The lowest BCUT2D eigenvalue weighted by Gasteiger charge is -2.29. The maximum absolute atomic E-state index is 13.2. The zero-order valence-electron chi connectivity index (χ0n) is 15.5. The second-order valence-corrected chi connectivity index (χ2v) is 7.75. The van der Waals surface area contributed by atoms with Crippen molar-refractivity contribution in [1.82, 2.24) is 4.90 Å². The van der Waals surface area contributed by atoms with Gasteiger partial charge in [0.05, 0.1) is 29.7 Å². The van der Waals surface area contributed by atoms with E-state index in [1.807, 2.05) is 18.2 Å². The van der Waals surface area contributed by atoms with Crippen molar-refractivity contribution in [2.45, 2.75) is 25.0 Å².